The fourth-order valence-corrected chi connectivity index (χ4v) is 1.60. The van der Waals surface area contributed by atoms with Crippen LogP contribution in [0.25, 0.3) is 0 Å². The lowest BCUT2D eigenvalue weighted by Crippen LogP contribution is -2.19. The molecule has 78 valence electrons. The van der Waals surface area contributed by atoms with Crippen molar-refractivity contribution >= 4 is 5.69 Å². The summed E-state index contributed by atoms with van der Waals surface area (Å²) >= 11 is 0. The second-order valence-corrected chi connectivity index (χ2v) is 3.21. The largest absolute Gasteiger partial charge is 0.365 e. The van der Waals surface area contributed by atoms with Gasteiger partial charge in [-0.05, 0) is 12.1 Å². The van der Waals surface area contributed by atoms with Crippen molar-refractivity contribution in [1.29, 1.82) is 0 Å². The second-order valence-electron chi connectivity index (χ2n) is 3.21. The molecule has 0 aliphatic carbocycles. The first-order valence-corrected chi connectivity index (χ1v) is 4.69. The van der Waals surface area contributed by atoms with Crippen molar-refractivity contribution in [2.24, 2.45) is 0 Å². The van der Waals surface area contributed by atoms with Crippen LogP contribution in [-0.2, 0) is 0 Å². The normalized spacial score (nSPS) is 17.9. The first-order valence-electron chi connectivity index (χ1n) is 4.69. The maximum atomic E-state index is 10.4. The molecule has 1 aromatic carbocycles. The molecule has 0 unspecified atom stereocenters. The smallest absolute Gasteiger partial charge is 0.274 e. The van der Waals surface area contributed by atoms with Crippen LogP contribution in [-0.4, -0.2) is 18.0 Å². The summed E-state index contributed by atoms with van der Waals surface area (Å²) < 4.78 is 0. The van der Waals surface area contributed by atoms with E-state index < -0.39 is 4.92 Å². The fourth-order valence-electron chi connectivity index (χ4n) is 1.60. The van der Waals surface area contributed by atoms with Crippen LogP contribution < -0.4 is 10.2 Å². The number of nitro groups is 1. The zero-order chi connectivity index (χ0) is 10.7. The van der Waals surface area contributed by atoms with Crippen molar-refractivity contribution in [1.82, 2.24) is 5.32 Å². The van der Waals surface area contributed by atoms with Crippen molar-refractivity contribution in [3.8, 4) is 0 Å². The molecule has 5 nitrogen and oxygen atoms in total. The SMILES string of the molecule is O=[N+]([O-])/C=C1\NCCN1c1ccccc1. The Kier molecular flexibility index (Phi) is 2.53. The monoisotopic (exact) mass is 205 g/mol. The van der Waals surface area contributed by atoms with Crippen LogP contribution >= 0.6 is 0 Å². The highest BCUT2D eigenvalue weighted by Crippen LogP contribution is 2.19. The Morgan fingerprint density at radius 3 is 2.80 bits per heavy atom. The van der Waals surface area contributed by atoms with E-state index in [9.17, 15) is 10.1 Å². The number of benzene rings is 1. The number of anilines is 1. The standard InChI is InChI=1S/C10H11N3O2/c14-13(15)8-10-11-6-7-12(10)9-4-2-1-3-5-9/h1-5,8,11H,6-7H2/b10-8+. The number of hydrogen-bond donors (Lipinski definition) is 1. The van der Waals surface area contributed by atoms with Crippen LogP contribution in [0.3, 0.4) is 0 Å². The molecular formula is C10H11N3O2. The van der Waals surface area contributed by atoms with E-state index in [1.165, 1.54) is 0 Å². The van der Waals surface area contributed by atoms with Crippen molar-refractivity contribution in [3.63, 3.8) is 0 Å². The van der Waals surface area contributed by atoms with E-state index in [4.69, 9.17) is 0 Å². The van der Waals surface area contributed by atoms with Gasteiger partial charge in [-0.25, -0.2) is 0 Å². The number of para-hydroxylation sites is 1. The van der Waals surface area contributed by atoms with Crippen molar-refractivity contribution in [2.75, 3.05) is 18.0 Å². The topological polar surface area (TPSA) is 58.4 Å². The predicted molar refractivity (Wildman–Crippen MR) is 56.9 cm³/mol. The van der Waals surface area contributed by atoms with Crippen LogP contribution in [0.2, 0.25) is 0 Å². The Bertz CT molecular complexity index is 389. The minimum Gasteiger partial charge on any atom is -0.365 e. The Hall–Kier alpha value is -2.04. The average Bonchev–Trinajstić information content (AvgIpc) is 2.66. The van der Waals surface area contributed by atoms with E-state index in [-0.39, 0.29) is 0 Å². The third kappa shape index (κ3) is 2.07. The van der Waals surface area contributed by atoms with Crippen LogP contribution in [0.1, 0.15) is 0 Å². The molecule has 1 N–H and O–H groups in total. The van der Waals surface area contributed by atoms with Crippen LogP contribution in [0, 0.1) is 10.1 Å². The van der Waals surface area contributed by atoms with Gasteiger partial charge in [-0.2, -0.15) is 0 Å². The molecule has 1 aromatic rings. The van der Waals surface area contributed by atoms with Gasteiger partial charge in [-0.15, -0.1) is 0 Å². The van der Waals surface area contributed by atoms with Crippen LogP contribution in [0.5, 0.6) is 0 Å². The molecule has 5 heteroatoms. The summed E-state index contributed by atoms with van der Waals surface area (Å²) in [6.45, 7) is 1.48. The van der Waals surface area contributed by atoms with Crippen molar-refractivity contribution in [3.05, 3.63) is 52.5 Å². The molecular weight excluding hydrogens is 194 g/mol. The Morgan fingerprint density at radius 2 is 2.13 bits per heavy atom. The molecule has 0 bridgehead atoms. The van der Waals surface area contributed by atoms with Gasteiger partial charge in [-0.1, -0.05) is 18.2 Å². The van der Waals surface area contributed by atoms with Gasteiger partial charge in [0.15, 0.2) is 5.82 Å². The van der Waals surface area contributed by atoms with Gasteiger partial charge in [0, 0.05) is 18.8 Å². The molecule has 0 aromatic heterocycles. The summed E-state index contributed by atoms with van der Waals surface area (Å²) in [5.74, 6) is 0.547. The molecule has 1 heterocycles. The van der Waals surface area contributed by atoms with E-state index in [2.05, 4.69) is 5.32 Å². The van der Waals surface area contributed by atoms with Gasteiger partial charge in [0.25, 0.3) is 6.20 Å². The van der Waals surface area contributed by atoms with Crippen LogP contribution in [0.4, 0.5) is 5.69 Å². The summed E-state index contributed by atoms with van der Waals surface area (Å²) in [5.41, 5.74) is 0.968. The summed E-state index contributed by atoms with van der Waals surface area (Å²) in [4.78, 5) is 11.8. The van der Waals surface area contributed by atoms with Crippen molar-refractivity contribution < 1.29 is 4.92 Å². The quantitative estimate of drug-likeness (QED) is 0.581. The highest BCUT2D eigenvalue weighted by molar-refractivity contribution is 5.52. The van der Waals surface area contributed by atoms with Crippen molar-refractivity contribution in [2.45, 2.75) is 0 Å². The maximum Gasteiger partial charge on any atom is 0.274 e. The highest BCUT2D eigenvalue weighted by atomic mass is 16.6. The summed E-state index contributed by atoms with van der Waals surface area (Å²) in [7, 11) is 0. The Morgan fingerprint density at radius 1 is 1.40 bits per heavy atom. The first-order chi connectivity index (χ1) is 7.27. The predicted octanol–water partition coefficient (Wildman–Crippen LogP) is 1.17. The summed E-state index contributed by atoms with van der Waals surface area (Å²) in [6.07, 6.45) is 1.000. The zero-order valence-electron chi connectivity index (χ0n) is 8.09. The lowest BCUT2D eigenvalue weighted by atomic mass is 10.3. The maximum absolute atomic E-state index is 10.4. The molecule has 2 rings (SSSR count). The number of hydrogen-bond acceptors (Lipinski definition) is 4. The molecule has 1 saturated heterocycles. The average molecular weight is 205 g/mol. The van der Waals surface area contributed by atoms with E-state index in [1.807, 2.05) is 35.2 Å². The first kappa shape index (κ1) is 9.51. The van der Waals surface area contributed by atoms with Gasteiger partial charge in [0.1, 0.15) is 0 Å². The molecule has 1 aliphatic rings. The molecule has 0 atom stereocenters. The van der Waals surface area contributed by atoms with E-state index in [0.717, 1.165) is 25.0 Å². The highest BCUT2D eigenvalue weighted by Gasteiger charge is 2.20. The third-order valence-corrected chi connectivity index (χ3v) is 2.23. The fraction of sp³-hybridized carbons (Fsp3) is 0.200. The number of nitrogens with one attached hydrogen (secondary N) is 1. The van der Waals surface area contributed by atoms with Gasteiger partial charge in [0.2, 0.25) is 0 Å². The minimum atomic E-state index is -0.441. The van der Waals surface area contributed by atoms with E-state index >= 15 is 0 Å². The number of rotatable bonds is 2. The molecule has 0 saturated carbocycles. The molecule has 0 amide bonds. The summed E-state index contributed by atoms with van der Waals surface area (Å²) in [6, 6.07) is 9.61. The van der Waals surface area contributed by atoms with Gasteiger partial charge >= 0.3 is 0 Å². The third-order valence-electron chi connectivity index (χ3n) is 2.23. The zero-order valence-corrected chi connectivity index (χ0v) is 8.09. The molecule has 0 radical (unpaired) electrons. The Balaban J connectivity index is 2.26. The Labute approximate surface area is 87.2 Å². The van der Waals surface area contributed by atoms with E-state index in [0.29, 0.717) is 5.82 Å². The lowest BCUT2D eigenvalue weighted by Gasteiger charge is -2.16. The number of nitrogens with zero attached hydrogens (tertiary/aromatic N) is 2. The molecule has 1 fully saturated rings. The van der Waals surface area contributed by atoms with E-state index in [1.54, 1.807) is 0 Å². The lowest BCUT2D eigenvalue weighted by molar-refractivity contribution is -0.403. The van der Waals surface area contributed by atoms with Gasteiger partial charge in [0.05, 0.1) is 4.92 Å². The summed E-state index contributed by atoms with van der Waals surface area (Å²) in [5, 5.41) is 13.4. The van der Waals surface area contributed by atoms with Gasteiger partial charge in [-0.3, -0.25) is 10.1 Å². The second kappa shape index (κ2) is 4.00. The van der Waals surface area contributed by atoms with Gasteiger partial charge < -0.3 is 10.2 Å². The molecule has 0 spiro atoms. The minimum absolute atomic E-state index is 0.441. The van der Waals surface area contributed by atoms with Crippen LogP contribution in [0.15, 0.2) is 42.4 Å². The molecule has 15 heavy (non-hydrogen) atoms. The molecule has 1 aliphatic heterocycles.